The Bertz CT molecular complexity index is 607. The Morgan fingerprint density at radius 2 is 1.62 bits per heavy atom. The van der Waals surface area contributed by atoms with Gasteiger partial charge in [-0.1, -0.05) is 12.1 Å². The lowest BCUT2D eigenvalue weighted by Crippen LogP contribution is -2.05. The summed E-state index contributed by atoms with van der Waals surface area (Å²) in [6.45, 7) is 1.79. The van der Waals surface area contributed by atoms with Crippen LogP contribution >= 0.6 is 0 Å². The van der Waals surface area contributed by atoms with Gasteiger partial charge < -0.3 is 19.9 Å². The molecule has 0 bridgehead atoms. The third-order valence-electron chi connectivity index (χ3n) is 3.08. The highest BCUT2D eigenvalue weighted by atomic mass is 19.1. The zero-order valence-electron chi connectivity index (χ0n) is 12.2. The molecular weight excluding hydrogens is 273 g/mol. The molecule has 1 unspecified atom stereocenters. The van der Waals surface area contributed by atoms with Crippen molar-refractivity contribution in [2.24, 2.45) is 5.73 Å². The van der Waals surface area contributed by atoms with Gasteiger partial charge in [-0.2, -0.15) is 0 Å². The van der Waals surface area contributed by atoms with Crippen molar-refractivity contribution < 1.29 is 18.6 Å². The molecule has 2 aromatic carbocycles. The lowest BCUT2D eigenvalue weighted by molar-refractivity contribution is 0.339. The molecule has 0 aromatic heterocycles. The predicted octanol–water partition coefficient (Wildman–Crippen LogP) is 3.65. The average molecular weight is 291 g/mol. The maximum Gasteiger partial charge on any atom is 0.211 e. The van der Waals surface area contributed by atoms with Gasteiger partial charge in [0, 0.05) is 6.04 Å². The summed E-state index contributed by atoms with van der Waals surface area (Å²) < 4.78 is 30.2. The summed E-state index contributed by atoms with van der Waals surface area (Å²) >= 11 is 0. The summed E-state index contributed by atoms with van der Waals surface area (Å²) in [7, 11) is 3.02. The smallest absolute Gasteiger partial charge is 0.211 e. The first-order valence-electron chi connectivity index (χ1n) is 6.50. The van der Waals surface area contributed by atoms with E-state index in [0.717, 1.165) is 0 Å². The van der Waals surface area contributed by atoms with Crippen LogP contribution in [0.4, 0.5) is 4.39 Å². The summed E-state index contributed by atoms with van der Waals surface area (Å²) in [6.07, 6.45) is 0. The SMILES string of the molecule is COc1cccc(OC)c1Oc1ccc(C(C)N)cc1F. The zero-order valence-corrected chi connectivity index (χ0v) is 12.2. The van der Waals surface area contributed by atoms with E-state index in [1.54, 1.807) is 37.3 Å². The van der Waals surface area contributed by atoms with Gasteiger partial charge in [0.25, 0.3) is 0 Å². The van der Waals surface area contributed by atoms with Gasteiger partial charge in [-0.3, -0.25) is 0 Å². The van der Waals surface area contributed by atoms with Crippen molar-refractivity contribution in [3.63, 3.8) is 0 Å². The Hall–Kier alpha value is -2.27. The normalized spacial score (nSPS) is 11.9. The minimum Gasteiger partial charge on any atom is -0.493 e. The van der Waals surface area contributed by atoms with Crippen molar-refractivity contribution in [1.29, 1.82) is 0 Å². The molecule has 0 fully saturated rings. The molecule has 21 heavy (non-hydrogen) atoms. The number of nitrogens with two attached hydrogens (primary N) is 1. The maximum atomic E-state index is 14.1. The highest BCUT2D eigenvalue weighted by Gasteiger charge is 2.15. The lowest BCUT2D eigenvalue weighted by atomic mass is 10.1. The molecule has 2 rings (SSSR count). The third kappa shape index (κ3) is 3.25. The van der Waals surface area contributed by atoms with Gasteiger partial charge in [0.2, 0.25) is 5.75 Å². The van der Waals surface area contributed by atoms with E-state index in [1.807, 2.05) is 0 Å². The van der Waals surface area contributed by atoms with E-state index in [-0.39, 0.29) is 11.8 Å². The third-order valence-corrected chi connectivity index (χ3v) is 3.08. The number of rotatable bonds is 5. The van der Waals surface area contributed by atoms with E-state index in [1.165, 1.54) is 20.3 Å². The summed E-state index contributed by atoms with van der Waals surface area (Å²) in [4.78, 5) is 0. The zero-order chi connectivity index (χ0) is 15.4. The molecule has 0 saturated carbocycles. The lowest BCUT2D eigenvalue weighted by Gasteiger charge is -2.15. The molecule has 0 aliphatic heterocycles. The molecule has 2 aromatic rings. The molecule has 0 radical (unpaired) electrons. The number of hydrogen-bond acceptors (Lipinski definition) is 4. The minimum atomic E-state index is -0.488. The van der Waals surface area contributed by atoms with E-state index in [9.17, 15) is 4.39 Å². The number of halogens is 1. The van der Waals surface area contributed by atoms with Crippen LogP contribution < -0.4 is 19.9 Å². The van der Waals surface area contributed by atoms with Crippen LogP contribution in [-0.4, -0.2) is 14.2 Å². The quantitative estimate of drug-likeness (QED) is 0.913. The largest absolute Gasteiger partial charge is 0.493 e. The second-order valence-electron chi connectivity index (χ2n) is 4.57. The van der Waals surface area contributed by atoms with Crippen molar-refractivity contribution in [2.45, 2.75) is 13.0 Å². The van der Waals surface area contributed by atoms with Crippen molar-refractivity contribution in [3.05, 3.63) is 47.8 Å². The summed E-state index contributed by atoms with van der Waals surface area (Å²) in [5.74, 6) is 0.852. The fourth-order valence-electron chi connectivity index (χ4n) is 1.91. The van der Waals surface area contributed by atoms with Crippen molar-refractivity contribution in [1.82, 2.24) is 0 Å². The molecule has 5 heteroatoms. The van der Waals surface area contributed by atoms with Crippen LogP contribution in [0.3, 0.4) is 0 Å². The van der Waals surface area contributed by atoms with Crippen LogP contribution in [0, 0.1) is 5.82 Å². The summed E-state index contributed by atoms with van der Waals surface area (Å²) in [5.41, 5.74) is 6.43. The van der Waals surface area contributed by atoms with Gasteiger partial charge in [0.05, 0.1) is 14.2 Å². The van der Waals surface area contributed by atoms with E-state index < -0.39 is 5.82 Å². The Labute approximate surface area is 123 Å². The number of benzene rings is 2. The number of hydrogen-bond donors (Lipinski definition) is 1. The van der Waals surface area contributed by atoms with Gasteiger partial charge in [-0.05, 0) is 36.8 Å². The second kappa shape index (κ2) is 6.45. The number of para-hydroxylation sites is 1. The fourth-order valence-corrected chi connectivity index (χ4v) is 1.91. The van der Waals surface area contributed by atoms with Gasteiger partial charge in [0.15, 0.2) is 23.1 Å². The summed E-state index contributed by atoms with van der Waals surface area (Å²) in [6, 6.07) is 9.58. The van der Waals surface area contributed by atoms with Gasteiger partial charge in [-0.15, -0.1) is 0 Å². The molecule has 2 N–H and O–H groups in total. The monoisotopic (exact) mass is 291 g/mol. The van der Waals surface area contributed by atoms with Crippen LogP contribution in [0.1, 0.15) is 18.5 Å². The minimum absolute atomic E-state index is 0.0854. The molecule has 0 aliphatic rings. The molecule has 112 valence electrons. The van der Waals surface area contributed by atoms with Crippen molar-refractivity contribution >= 4 is 0 Å². The van der Waals surface area contributed by atoms with Crippen LogP contribution in [0.2, 0.25) is 0 Å². The Morgan fingerprint density at radius 3 is 2.10 bits per heavy atom. The highest BCUT2D eigenvalue weighted by molar-refractivity contribution is 5.53. The van der Waals surface area contributed by atoms with Crippen LogP contribution in [-0.2, 0) is 0 Å². The molecular formula is C16H18FNO3. The van der Waals surface area contributed by atoms with E-state index >= 15 is 0 Å². The predicted molar refractivity (Wildman–Crippen MR) is 78.6 cm³/mol. The van der Waals surface area contributed by atoms with E-state index in [0.29, 0.717) is 22.8 Å². The first-order valence-corrected chi connectivity index (χ1v) is 6.50. The number of methoxy groups -OCH3 is 2. The Morgan fingerprint density at radius 1 is 1.00 bits per heavy atom. The molecule has 0 amide bonds. The van der Waals surface area contributed by atoms with Crippen molar-refractivity contribution in [2.75, 3.05) is 14.2 Å². The highest BCUT2D eigenvalue weighted by Crippen LogP contribution is 2.40. The van der Waals surface area contributed by atoms with Crippen LogP contribution in [0.15, 0.2) is 36.4 Å². The number of ether oxygens (including phenoxy) is 3. The molecule has 4 nitrogen and oxygen atoms in total. The molecule has 0 aliphatic carbocycles. The standard InChI is InChI=1S/C16H18FNO3/c1-10(18)11-7-8-13(12(17)9-11)21-16-14(19-2)5-4-6-15(16)20-3/h4-10H,18H2,1-3H3. The molecule has 1 atom stereocenters. The van der Waals surface area contributed by atoms with Crippen molar-refractivity contribution in [3.8, 4) is 23.0 Å². The maximum absolute atomic E-state index is 14.1. The molecule has 0 saturated heterocycles. The van der Waals surface area contributed by atoms with Gasteiger partial charge >= 0.3 is 0 Å². The topological polar surface area (TPSA) is 53.7 Å². The first-order chi connectivity index (χ1) is 10.1. The fraction of sp³-hybridized carbons (Fsp3) is 0.250. The average Bonchev–Trinajstić information content (AvgIpc) is 2.49. The van der Waals surface area contributed by atoms with E-state index in [2.05, 4.69) is 0 Å². The molecule has 0 spiro atoms. The van der Waals surface area contributed by atoms with E-state index in [4.69, 9.17) is 19.9 Å². The Balaban J connectivity index is 2.38. The van der Waals surface area contributed by atoms with Crippen LogP contribution in [0.5, 0.6) is 23.0 Å². The van der Waals surface area contributed by atoms with Gasteiger partial charge in [-0.25, -0.2) is 4.39 Å². The van der Waals surface area contributed by atoms with Crippen LogP contribution in [0.25, 0.3) is 0 Å². The van der Waals surface area contributed by atoms with Gasteiger partial charge in [0.1, 0.15) is 0 Å². The first kappa shape index (κ1) is 15.1. The second-order valence-corrected chi connectivity index (χ2v) is 4.57. The Kier molecular flexibility index (Phi) is 4.65. The summed E-state index contributed by atoms with van der Waals surface area (Å²) in [5, 5.41) is 0. The molecule has 0 heterocycles.